The van der Waals surface area contributed by atoms with Gasteiger partial charge in [-0.3, -0.25) is 4.72 Å². The lowest BCUT2D eigenvalue weighted by atomic mass is 10.1. The highest BCUT2D eigenvalue weighted by atomic mass is 32.2. The average Bonchev–Trinajstić information content (AvgIpc) is 2.48. The van der Waals surface area contributed by atoms with Crippen LogP contribution in [0, 0.1) is 0 Å². The summed E-state index contributed by atoms with van der Waals surface area (Å²) < 4.78 is 27.0. The SMILES string of the molecule is CCc1ccccc1NS(=O)(=O)CCCc1ccccc1. The monoisotopic (exact) mass is 303 g/mol. The molecule has 0 bridgehead atoms. The fourth-order valence-corrected chi connectivity index (χ4v) is 3.42. The normalized spacial score (nSPS) is 11.3. The quantitative estimate of drug-likeness (QED) is 0.849. The second-order valence-electron chi connectivity index (χ2n) is 5.02. The van der Waals surface area contributed by atoms with E-state index in [1.165, 1.54) is 5.56 Å². The average molecular weight is 303 g/mol. The zero-order chi connectivity index (χ0) is 15.1. The van der Waals surface area contributed by atoms with Crippen LogP contribution >= 0.6 is 0 Å². The predicted molar refractivity (Wildman–Crippen MR) is 88.0 cm³/mol. The molecule has 0 unspecified atom stereocenters. The highest BCUT2D eigenvalue weighted by Crippen LogP contribution is 2.17. The van der Waals surface area contributed by atoms with Gasteiger partial charge in [0.1, 0.15) is 0 Å². The van der Waals surface area contributed by atoms with E-state index < -0.39 is 10.0 Å². The highest BCUT2D eigenvalue weighted by Gasteiger charge is 2.12. The molecule has 112 valence electrons. The minimum absolute atomic E-state index is 0.139. The molecule has 0 aromatic heterocycles. The number of anilines is 1. The lowest BCUT2D eigenvalue weighted by Crippen LogP contribution is -2.18. The Hall–Kier alpha value is -1.81. The molecule has 0 amide bonds. The Kier molecular flexibility index (Phi) is 5.39. The van der Waals surface area contributed by atoms with Crippen LogP contribution < -0.4 is 4.72 Å². The van der Waals surface area contributed by atoms with Gasteiger partial charge in [0.25, 0.3) is 0 Å². The summed E-state index contributed by atoms with van der Waals surface area (Å²) in [6.07, 6.45) is 2.20. The first-order valence-corrected chi connectivity index (χ1v) is 8.88. The van der Waals surface area contributed by atoms with Gasteiger partial charge in [-0.2, -0.15) is 0 Å². The summed E-state index contributed by atoms with van der Waals surface area (Å²) >= 11 is 0. The first kappa shape index (κ1) is 15.6. The first-order chi connectivity index (χ1) is 10.1. The van der Waals surface area contributed by atoms with Gasteiger partial charge in [-0.1, -0.05) is 55.5 Å². The van der Waals surface area contributed by atoms with Gasteiger partial charge in [0.2, 0.25) is 10.0 Å². The first-order valence-electron chi connectivity index (χ1n) is 7.23. The van der Waals surface area contributed by atoms with E-state index in [2.05, 4.69) is 4.72 Å². The van der Waals surface area contributed by atoms with E-state index in [1.807, 2.05) is 61.5 Å². The van der Waals surface area contributed by atoms with Crippen molar-refractivity contribution in [2.75, 3.05) is 10.5 Å². The van der Waals surface area contributed by atoms with E-state index in [0.29, 0.717) is 12.1 Å². The molecule has 0 fully saturated rings. The van der Waals surface area contributed by atoms with Gasteiger partial charge in [-0.05, 0) is 36.5 Å². The Balaban J connectivity index is 1.93. The van der Waals surface area contributed by atoms with Crippen molar-refractivity contribution in [2.24, 2.45) is 0 Å². The summed E-state index contributed by atoms with van der Waals surface area (Å²) in [6.45, 7) is 2.02. The summed E-state index contributed by atoms with van der Waals surface area (Å²) in [5.74, 6) is 0.139. The van der Waals surface area contributed by atoms with Crippen molar-refractivity contribution in [3.63, 3.8) is 0 Å². The van der Waals surface area contributed by atoms with Crippen LogP contribution in [0.2, 0.25) is 0 Å². The van der Waals surface area contributed by atoms with Gasteiger partial charge in [-0.25, -0.2) is 8.42 Å². The second-order valence-corrected chi connectivity index (χ2v) is 6.86. The topological polar surface area (TPSA) is 46.2 Å². The molecule has 2 aromatic rings. The molecule has 0 aliphatic carbocycles. The van der Waals surface area contributed by atoms with E-state index in [0.717, 1.165) is 18.4 Å². The maximum atomic E-state index is 12.1. The van der Waals surface area contributed by atoms with E-state index >= 15 is 0 Å². The lowest BCUT2D eigenvalue weighted by molar-refractivity contribution is 0.598. The van der Waals surface area contributed by atoms with Crippen molar-refractivity contribution >= 4 is 15.7 Å². The van der Waals surface area contributed by atoms with Crippen molar-refractivity contribution in [3.8, 4) is 0 Å². The number of sulfonamides is 1. The smallest absolute Gasteiger partial charge is 0.232 e. The lowest BCUT2D eigenvalue weighted by Gasteiger charge is -2.11. The Morgan fingerprint density at radius 2 is 1.62 bits per heavy atom. The molecule has 1 N–H and O–H groups in total. The maximum absolute atomic E-state index is 12.1. The minimum Gasteiger partial charge on any atom is -0.283 e. The maximum Gasteiger partial charge on any atom is 0.232 e. The Bertz CT molecular complexity index is 666. The second kappa shape index (κ2) is 7.27. The van der Waals surface area contributed by atoms with Gasteiger partial charge in [0, 0.05) is 0 Å². The van der Waals surface area contributed by atoms with Crippen LogP contribution in [0.3, 0.4) is 0 Å². The molecular weight excluding hydrogens is 282 g/mol. The van der Waals surface area contributed by atoms with E-state index in [9.17, 15) is 8.42 Å². The van der Waals surface area contributed by atoms with Crippen LogP contribution in [0.15, 0.2) is 54.6 Å². The third-order valence-corrected chi connectivity index (χ3v) is 4.74. The number of hydrogen-bond donors (Lipinski definition) is 1. The van der Waals surface area contributed by atoms with Crippen LogP contribution in [-0.4, -0.2) is 14.2 Å². The molecule has 4 heteroatoms. The molecule has 0 aliphatic rings. The zero-order valence-electron chi connectivity index (χ0n) is 12.2. The number of para-hydroxylation sites is 1. The van der Waals surface area contributed by atoms with Crippen molar-refractivity contribution in [3.05, 3.63) is 65.7 Å². The number of aryl methyl sites for hydroxylation is 2. The number of rotatable bonds is 7. The summed E-state index contributed by atoms with van der Waals surface area (Å²) in [4.78, 5) is 0. The number of benzene rings is 2. The predicted octanol–water partition coefficient (Wildman–Crippen LogP) is 3.62. The Morgan fingerprint density at radius 3 is 2.33 bits per heavy atom. The van der Waals surface area contributed by atoms with Gasteiger partial charge in [0.15, 0.2) is 0 Å². The fraction of sp³-hybridized carbons (Fsp3) is 0.294. The van der Waals surface area contributed by atoms with Crippen molar-refractivity contribution < 1.29 is 8.42 Å². The highest BCUT2D eigenvalue weighted by molar-refractivity contribution is 7.92. The number of nitrogens with one attached hydrogen (secondary N) is 1. The van der Waals surface area contributed by atoms with Crippen LogP contribution in [0.4, 0.5) is 5.69 Å². The van der Waals surface area contributed by atoms with E-state index in [1.54, 1.807) is 0 Å². The molecule has 21 heavy (non-hydrogen) atoms. The standard InChI is InChI=1S/C17H21NO2S/c1-2-16-12-6-7-13-17(16)18-21(19,20)14-8-11-15-9-4-3-5-10-15/h3-7,9-10,12-13,18H,2,8,11,14H2,1H3. The summed E-state index contributed by atoms with van der Waals surface area (Å²) in [5.41, 5.74) is 2.88. The minimum atomic E-state index is -3.29. The van der Waals surface area contributed by atoms with Gasteiger partial charge in [-0.15, -0.1) is 0 Å². The fourth-order valence-electron chi connectivity index (χ4n) is 2.26. The summed E-state index contributed by atoms with van der Waals surface area (Å²) in [7, 11) is -3.29. The summed E-state index contributed by atoms with van der Waals surface area (Å²) in [5, 5.41) is 0. The third kappa shape index (κ3) is 4.90. The molecule has 0 saturated carbocycles. The molecule has 0 saturated heterocycles. The molecule has 3 nitrogen and oxygen atoms in total. The van der Waals surface area contributed by atoms with Crippen molar-refractivity contribution in [2.45, 2.75) is 26.2 Å². The Morgan fingerprint density at radius 1 is 0.952 bits per heavy atom. The molecular formula is C17H21NO2S. The van der Waals surface area contributed by atoms with Crippen molar-refractivity contribution in [1.82, 2.24) is 0 Å². The van der Waals surface area contributed by atoms with Crippen molar-refractivity contribution in [1.29, 1.82) is 0 Å². The summed E-state index contributed by atoms with van der Waals surface area (Å²) in [6, 6.07) is 17.5. The zero-order valence-corrected chi connectivity index (χ0v) is 13.1. The Labute approximate surface area is 127 Å². The van der Waals surface area contributed by atoms with E-state index in [-0.39, 0.29) is 5.75 Å². The van der Waals surface area contributed by atoms with Crippen LogP contribution in [0.1, 0.15) is 24.5 Å². The largest absolute Gasteiger partial charge is 0.283 e. The molecule has 0 heterocycles. The van der Waals surface area contributed by atoms with Crippen LogP contribution in [0.5, 0.6) is 0 Å². The molecule has 0 atom stereocenters. The molecule has 2 rings (SSSR count). The van der Waals surface area contributed by atoms with Gasteiger partial charge < -0.3 is 0 Å². The molecule has 0 spiro atoms. The number of hydrogen-bond acceptors (Lipinski definition) is 2. The van der Waals surface area contributed by atoms with Gasteiger partial charge in [0.05, 0.1) is 11.4 Å². The molecule has 2 aromatic carbocycles. The third-order valence-electron chi connectivity index (χ3n) is 3.39. The van der Waals surface area contributed by atoms with Crippen LogP contribution in [0.25, 0.3) is 0 Å². The van der Waals surface area contributed by atoms with Crippen LogP contribution in [-0.2, 0) is 22.9 Å². The van der Waals surface area contributed by atoms with E-state index in [4.69, 9.17) is 0 Å². The molecule has 0 aliphatic heterocycles. The van der Waals surface area contributed by atoms with Gasteiger partial charge >= 0.3 is 0 Å². The molecule has 0 radical (unpaired) electrons.